The van der Waals surface area contributed by atoms with Crippen molar-refractivity contribution in [2.45, 2.75) is 25.8 Å². The van der Waals surface area contributed by atoms with Crippen LogP contribution in [0.1, 0.15) is 19.8 Å². The molecule has 0 aliphatic heterocycles. The number of amides is 1. The number of ether oxygens (including phenoxy) is 2. The maximum absolute atomic E-state index is 11.1. The molecule has 0 radical (unpaired) electrons. The van der Waals surface area contributed by atoms with Gasteiger partial charge >= 0.3 is 0 Å². The summed E-state index contributed by atoms with van der Waals surface area (Å²) in [5, 5.41) is 2.77. The molecule has 1 atom stereocenters. The van der Waals surface area contributed by atoms with E-state index < -0.39 is 0 Å². The lowest BCUT2D eigenvalue weighted by Crippen LogP contribution is -2.30. The number of carbonyl (C=O) groups excluding carboxylic acids is 1. The molecule has 0 aliphatic carbocycles. The standard InChI is InChI=1S/C10H22N2O3/c1-9(11)8-10(13)12-4-3-5-15-7-6-14-2/h9H,3-8,11H2,1-2H3,(H,12,13). The van der Waals surface area contributed by atoms with Crippen LogP contribution in [-0.2, 0) is 14.3 Å². The largest absolute Gasteiger partial charge is 0.382 e. The van der Waals surface area contributed by atoms with Crippen molar-refractivity contribution >= 4 is 5.91 Å². The van der Waals surface area contributed by atoms with Crippen LogP contribution in [0.4, 0.5) is 0 Å². The summed E-state index contributed by atoms with van der Waals surface area (Å²) in [6.45, 7) is 4.30. The molecule has 0 bridgehead atoms. The van der Waals surface area contributed by atoms with E-state index >= 15 is 0 Å². The number of hydrogen-bond donors (Lipinski definition) is 2. The smallest absolute Gasteiger partial charge is 0.221 e. The highest BCUT2D eigenvalue weighted by atomic mass is 16.5. The van der Waals surface area contributed by atoms with Gasteiger partial charge in [0, 0.05) is 32.7 Å². The number of rotatable bonds is 9. The van der Waals surface area contributed by atoms with Crippen LogP contribution >= 0.6 is 0 Å². The fraction of sp³-hybridized carbons (Fsp3) is 0.900. The van der Waals surface area contributed by atoms with Gasteiger partial charge in [0.25, 0.3) is 0 Å². The molecule has 15 heavy (non-hydrogen) atoms. The molecule has 1 amide bonds. The van der Waals surface area contributed by atoms with Gasteiger partial charge in [-0.05, 0) is 13.3 Å². The van der Waals surface area contributed by atoms with Crippen molar-refractivity contribution < 1.29 is 14.3 Å². The zero-order chi connectivity index (χ0) is 11.5. The second-order valence-corrected chi connectivity index (χ2v) is 3.49. The average Bonchev–Trinajstić information content (AvgIpc) is 2.15. The van der Waals surface area contributed by atoms with Crippen LogP contribution in [-0.4, -0.2) is 45.4 Å². The van der Waals surface area contributed by atoms with E-state index in [0.29, 0.717) is 32.8 Å². The van der Waals surface area contributed by atoms with Crippen LogP contribution in [0.2, 0.25) is 0 Å². The molecule has 0 fully saturated rings. The van der Waals surface area contributed by atoms with E-state index in [2.05, 4.69) is 5.32 Å². The minimum Gasteiger partial charge on any atom is -0.382 e. The van der Waals surface area contributed by atoms with Crippen LogP contribution in [0.15, 0.2) is 0 Å². The quantitative estimate of drug-likeness (QED) is 0.530. The number of nitrogens with one attached hydrogen (secondary N) is 1. The molecule has 0 heterocycles. The summed E-state index contributed by atoms with van der Waals surface area (Å²) in [6.07, 6.45) is 1.19. The van der Waals surface area contributed by atoms with Gasteiger partial charge in [-0.2, -0.15) is 0 Å². The topological polar surface area (TPSA) is 73.6 Å². The summed E-state index contributed by atoms with van der Waals surface area (Å²) in [7, 11) is 1.64. The van der Waals surface area contributed by atoms with Gasteiger partial charge in [-0.1, -0.05) is 0 Å². The molecule has 5 nitrogen and oxygen atoms in total. The summed E-state index contributed by atoms with van der Waals surface area (Å²) in [4.78, 5) is 11.1. The van der Waals surface area contributed by atoms with Crippen LogP contribution < -0.4 is 11.1 Å². The van der Waals surface area contributed by atoms with E-state index in [4.69, 9.17) is 15.2 Å². The van der Waals surface area contributed by atoms with Gasteiger partial charge in [-0.25, -0.2) is 0 Å². The summed E-state index contributed by atoms with van der Waals surface area (Å²) in [5.74, 6) is 0.00175. The predicted molar refractivity (Wildman–Crippen MR) is 58.6 cm³/mol. The van der Waals surface area contributed by atoms with Gasteiger partial charge in [-0.15, -0.1) is 0 Å². The third-order valence-corrected chi connectivity index (χ3v) is 1.73. The Hall–Kier alpha value is -0.650. The lowest BCUT2D eigenvalue weighted by atomic mass is 10.2. The van der Waals surface area contributed by atoms with Gasteiger partial charge in [0.1, 0.15) is 0 Å². The van der Waals surface area contributed by atoms with Crippen molar-refractivity contribution in [3.05, 3.63) is 0 Å². The van der Waals surface area contributed by atoms with Gasteiger partial charge in [0.2, 0.25) is 5.91 Å². The number of nitrogens with two attached hydrogens (primary N) is 1. The molecule has 0 saturated heterocycles. The SMILES string of the molecule is COCCOCCCNC(=O)CC(C)N. The molecule has 0 aromatic rings. The van der Waals surface area contributed by atoms with E-state index in [-0.39, 0.29) is 11.9 Å². The minimum absolute atomic E-state index is 0.00175. The van der Waals surface area contributed by atoms with Crippen LogP contribution in [0, 0.1) is 0 Å². The molecule has 0 rings (SSSR count). The molecule has 0 aromatic carbocycles. The van der Waals surface area contributed by atoms with Gasteiger partial charge in [0.15, 0.2) is 0 Å². The number of methoxy groups -OCH3 is 1. The van der Waals surface area contributed by atoms with E-state index in [1.54, 1.807) is 7.11 Å². The van der Waals surface area contributed by atoms with Crippen molar-refractivity contribution in [3.8, 4) is 0 Å². The Morgan fingerprint density at radius 1 is 1.40 bits per heavy atom. The van der Waals surface area contributed by atoms with E-state index in [0.717, 1.165) is 6.42 Å². The molecule has 0 aliphatic rings. The Bertz CT molecular complexity index is 163. The van der Waals surface area contributed by atoms with Crippen LogP contribution in [0.25, 0.3) is 0 Å². The molecule has 0 saturated carbocycles. The van der Waals surface area contributed by atoms with Crippen molar-refractivity contribution in [1.29, 1.82) is 0 Å². The van der Waals surface area contributed by atoms with Crippen molar-refractivity contribution in [2.75, 3.05) is 33.5 Å². The second-order valence-electron chi connectivity index (χ2n) is 3.49. The molecule has 5 heteroatoms. The number of hydrogen-bond acceptors (Lipinski definition) is 4. The molecule has 90 valence electrons. The van der Waals surface area contributed by atoms with Gasteiger partial charge in [-0.3, -0.25) is 4.79 Å². The maximum Gasteiger partial charge on any atom is 0.221 e. The summed E-state index contributed by atoms with van der Waals surface area (Å²) >= 11 is 0. The Kier molecular flexibility index (Phi) is 9.46. The summed E-state index contributed by atoms with van der Waals surface area (Å²) in [6, 6.07) is -0.0806. The molecular formula is C10H22N2O3. The van der Waals surface area contributed by atoms with Crippen LogP contribution in [0.5, 0.6) is 0 Å². The molecule has 0 aromatic heterocycles. The van der Waals surface area contributed by atoms with Crippen molar-refractivity contribution in [1.82, 2.24) is 5.32 Å². The summed E-state index contributed by atoms with van der Waals surface area (Å²) in [5.41, 5.74) is 5.48. The first-order valence-corrected chi connectivity index (χ1v) is 5.25. The fourth-order valence-electron chi connectivity index (χ4n) is 1.01. The lowest BCUT2D eigenvalue weighted by molar-refractivity contribution is -0.121. The first-order valence-electron chi connectivity index (χ1n) is 5.25. The van der Waals surface area contributed by atoms with Crippen molar-refractivity contribution in [2.24, 2.45) is 5.73 Å². The van der Waals surface area contributed by atoms with Gasteiger partial charge in [0.05, 0.1) is 13.2 Å². The van der Waals surface area contributed by atoms with Gasteiger partial charge < -0.3 is 20.5 Å². The predicted octanol–water partition coefficient (Wildman–Crippen LogP) is -0.107. The highest BCUT2D eigenvalue weighted by Crippen LogP contribution is 1.86. The zero-order valence-electron chi connectivity index (χ0n) is 9.62. The second kappa shape index (κ2) is 9.89. The molecule has 0 spiro atoms. The Balaban J connectivity index is 3.13. The third-order valence-electron chi connectivity index (χ3n) is 1.73. The van der Waals surface area contributed by atoms with E-state index in [9.17, 15) is 4.79 Å². The Labute approximate surface area is 91.3 Å². The van der Waals surface area contributed by atoms with E-state index in [1.165, 1.54) is 0 Å². The first-order chi connectivity index (χ1) is 7.16. The highest BCUT2D eigenvalue weighted by molar-refractivity contribution is 5.76. The third kappa shape index (κ3) is 11.3. The zero-order valence-corrected chi connectivity index (χ0v) is 9.62. The molecule has 3 N–H and O–H groups in total. The maximum atomic E-state index is 11.1. The van der Waals surface area contributed by atoms with E-state index in [1.807, 2.05) is 6.92 Å². The lowest BCUT2D eigenvalue weighted by Gasteiger charge is -2.07. The average molecular weight is 218 g/mol. The normalized spacial score (nSPS) is 12.5. The first kappa shape index (κ1) is 14.3. The van der Waals surface area contributed by atoms with Crippen molar-refractivity contribution in [3.63, 3.8) is 0 Å². The fourth-order valence-corrected chi connectivity index (χ4v) is 1.01. The molecular weight excluding hydrogens is 196 g/mol. The van der Waals surface area contributed by atoms with Crippen LogP contribution in [0.3, 0.4) is 0 Å². The number of carbonyl (C=O) groups is 1. The molecule has 1 unspecified atom stereocenters. The highest BCUT2D eigenvalue weighted by Gasteiger charge is 2.03. The minimum atomic E-state index is -0.0806. The Morgan fingerprint density at radius 3 is 2.73 bits per heavy atom. The monoisotopic (exact) mass is 218 g/mol. The Morgan fingerprint density at radius 2 is 2.13 bits per heavy atom. The summed E-state index contributed by atoms with van der Waals surface area (Å²) < 4.78 is 10.1.